The molecule has 1 aromatic carbocycles. The Morgan fingerprint density at radius 3 is 2.68 bits per heavy atom. The van der Waals surface area contributed by atoms with Crippen LogP contribution in [0.25, 0.3) is 0 Å². The molecule has 0 saturated carbocycles. The first-order valence-electron chi connectivity index (χ1n) is 10.6. The fourth-order valence-electron chi connectivity index (χ4n) is 3.68. The molecule has 1 atom stereocenters. The molecule has 0 aliphatic carbocycles. The summed E-state index contributed by atoms with van der Waals surface area (Å²) in [5.41, 5.74) is -0.460. The standard InChI is InChI=1S/C22H28N4O5/c1-4-7-12-25-21(29)19(20(28)23-22(25)30)15-13-16(26(24-15)18(27)5-2)14-10-8-9-11-17(14)31-6-3/h8-11,16,29H,4-7,12-13H2,1-3H3,(H,23,28,30). The molecule has 31 heavy (non-hydrogen) atoms. The molecule has 0 saturated heterocycles. The molecule has 2 N–H and O–H groups in total. The van der Waals surface area contributed by atoms with Crippen molar-refractivity contribution in [3.63, 3.8) is 0 Å². The Morgan fingerprint density at radius 1 is 1.26 bits per heavy atom. The largest absolute Gasteiger partial charge is 0.494 e. The molecule has 1 aliphatic heterocycles. The number of aromatic hydroxyl groups is 1. The van der Waals surface area contributed by atoms with Crippen LogP contribution in [0.4, 0.5) is 0 Å². The van der Waals surface area contributed by atoms with Crippen LogP contribution in [0.2, 0.25) is 0 Å². The Kier molecular flexibility index (Phi) is 6.94. The normalized spacial score (nSPS) is 15.8. The van der Waals surface area contributed by atoms with Crippen LogP contribution in [0.3, 0.4) is 0 Å². The number of nitrogens with one attached hydrogen (secondary N) is 1. The second-order valence-corrected chi connectivity index (χ2v) is 7.29. The van der Waals surface area contributed by atoms with E-state index in [1.54, 1.807) is 6.92 Å². The summed E-state index contributed by atoms with van der Waals surface area (Å²) in [4.78, 5) is 39.7. The van der Waals surface area contributed by atoms with Gasteiger partial charge >= 0.3 is 5.69 Å². The molecule has 1 amide bonds. The highest BCUT2D eigenvalue weighted by atomic mass is 16.5. The van der Waals surface area contributed by atoms with Gasteiger partial charge in [0, 0.05) is 24.9 Å². The highest BCUT2D eigenvalue weighted by Gasteiger charge is 2.36. The number of ether oxygens (including phenoxy) is 1. The second kappa shape index (κ2) is 9.63. The molecule has 1 aliphatic rings. The molecule has 0 bridgehead atoms. The van der Waals surface area contributed by atoms with E-state index in [-0.39, 0.29) is 36.6 Å². The lowest BCUT2D eigenvalue weighted by Crippen LogP contribution is -2.33. The van der Waals surface area contributed by atoms with Gasteiger partial charge in [0.2, 0.25) is 11.8 Å². The van der Waals surface area contributed by atoms with Crippen LogP contribution in [0.15, 0.2) is 39.0 Å². The van der Waals surface area contributed by atoms with Crippen LogP contribution < -0.4 is 16.0 Å². The number of hydrazone groups is 1. The van der Waals surface area contributed by atoms with Crippen LogP contribution in [0, 0.1) is 0 Å². The van der Waals surface area contributed by atoms with Crippen LogP contribution in [-0.2, 0) is 11.3 Å². The highest BCUT2D eigenvalue weighted by molar-refractivity contribution is 6.04. The van der Waals surface area contributed by atoms with Gasteiger partial charge in [0.25, 0.3) is 5.56 Å². The summed E-state index contributed by atoms with van der Waals surface area (Å²) in [6.07, 6.45) is 1.91. The van der Waals surface area contributed by atoms with Crippen molar-refractivity contribution in [3.8, 4) is 11.6 Å². The summed E-state index contributed by atoms with van der Waals surface area (Å²) >= 11 is 0. The Bertz CT molecular complexity index is 1100. The van der Waals surface area contributed by atoms with E-state index in [0.717, 1.165) is 16.6 Å². The smallest absolute Gasteiger partial charge is 0.331 e. The number of hydrogen-bond donors (Lipinski definition) is 2. The first kappa shape index (κ1) is 22.3. The first-order chi connectivity index (χ1) is 14.9. The van der Waals surface area contributed by atoms with Gasteiger partial charge in [-0.2, -0.15) is 5.10 Å². The summed E-state index contributed by atoms with van der Waals surface area (Å²) < 4.78 is 6.86. The summed E-state index contributed by atoms with van der Waals surface area (Å²) in [6.45, 7) is 6.30. The Labute approximate surface area is 180 Å². The van der Waals surface area contributed by atoms with Gasteiger partial charge in [-0.1, -0.05) is 38.5 Å². The zero-order valence-electron chi connectivity index (χ0n) is 18.1. The zero-order valence-corrected chi connectivity index (χ0v) is 18.1. The van der Waals surface area contributed by atoms with Crippen molar-refractivity contribution in [2.75, 3.05) is 6.61 Å². The quantitative estimate of drug-likeness (QED) is 0.670. The predicted octanol–water partition coefficient (Wildman–Crippen LogP) is 2.53. The number of hydrogen-bond acceptors (Lipinski definition) is 6. The predicted molar refractivity (Wildman–Crippen MR) is 117 cm³/mol. The molecule has 1 unspecified atom stereocenters. The van der Waals surface area contributed by atoms with Crippen molar-refractivity contribution in [1.29, 1.82) is 0 Å². The van der Waals surface area contributed by atoms with Crippen molar-refractivity contribution < 1.29 is 14.6 Å². The van der Waals surface area contributed by atoms with Gasteiger partial charge < -0.3 is 9.84 Å². The fourth-order valence-corrected chi connectivity index (χ4v) is 3.68. The molecule has 3 rings (SSSR count). The van der Waals surface area contributed by atoms with E-state index in [9.17, 15) is 19.5 Å². The number of aromatic amines is 1. The molecule has 9 nitrogen and oxygen atoms in total. The van der Waals surface area contributed by atoms with E-state index in [0.29, 0.717) is 18.8 Å². The van der Waals surface area contributed by atoms with Gasteiger partial charge in [-0.05, 0) is 19.4 Å². The average Bonchev–Trinajstić information content (AvgIpc) is 3.18. The molecule has 0 spiro atoms. The molecule has 2 heterocycles. The minimum Gasteiger partial charge on any atom is -0.494 e. The highest BCUT2D eigenvalue weighted by Crippen LogP contribution is 2.38. The second-order valence-electron chi connectivity index (χ2n) is 7.29. The van der Waals surface area contributed by atoms with Crippen molar-refractivity contribution in [2.45, 2.75) is 59.0 Å². The van der Waals surface area contributed by atoms with Gasteiger partial charge in [-0.15, -0.1) is 0 Å². The number of amides is 1. The maximum absolute atomic E-state index is 12.7. The number of nitrogens with zero attached hydrogens (tertiary/aromatic N) is 3. The average molecular weight is 428 g/mol. The lowest BCUT2D eigenvalue weighted by Gasteiger charge is -2.23. The Hall–Kier alpha value is -3.36. The molecule has 9 heteroatoms. The Balaban J connectivity index is 2.09. The van der Waals surface area contributed by atoms with Crippen LogP contribution in [-0.4, -0.2) is 37.9 Å². The minimum absolute atomic E-state index is 0.0824. The zero-order chi connectivity index (χ0) is 22.5. The van der Waals surface area contributed by atoms with Crippen molar-refractivity contribution in [2.24, 2.45) is 5.10 Å². The Morgan fingerprint density at radius 2 is 2.00 bits per heavy atom. The van der Waals surface area contributed by atoms with Gasteiger partial charge in [0.1, 0.15) is 11.3 Å². The van der Waals surface area contributed by atoms with Crippen LogP contribution in [0.5, 0.6) is 11.6 Å². The molecule has 0 radical (unpaired) electrons. The lowest BCUT2D eigenvalue weighted by molar-refractivity contribution is -0.132. The number of H-pyrrole nitrogens is 1. The number of unbranched alkanes of at least 4 members (excludes halogenated alkanes) is 1. The maximum Gasteiger partial charge on any atom is 0.331 e. The first-order valence-corrected chi connectivity index (χ1v) is 10.6. The monoisotopic (exact) mass is 428 g/mol. The van der Waals surface area contributed by atoms with Gasteiger partial charge in [0.05, 0.1) is 18.4 Å². The van der Waals surface area contributed by atoms with E-state index in [2.05, 4.69) is 10.1 Å². The summed E-state index contributed by atoms with van der Waals surface area (Å²) in [6, 6.07) is 6.88. The van der Waals surface area contributed by atoms with Crippen LogP contribution in [0.1, 0.15) is 63.6 Å². The van der Waals surface area contributed by atoms with E-state index >= 15 is 0 Å². The number of carbonyl (C=O) groups is 1. The van der Waals surface area contributed by atoms with Gasteiger partial charge in [-0.3, -0.25) is 19.1 Å². The SMILES string of the molecule is CCCCn1c(O)c(C2=NN(C(=O)CC)C(c3ccccc3OCC)C2)c(=O)[nH]c1=O. The third kappa shape index (κ3) is 4.40. The van der Waals surface area contributed by atoms with Crippen molar-refractivity contribution >= 4 is 11.6 Å². The molecular weight excluding hydrogens is 400 g/mol. The number of carbonyl (C=O) groups excluding carboxylic acids is 1. The third-order valence-electron chi connectivity index (χ3n) is 5.24. The van der Waals surface area contributed by atoms with Crippen LogP contribution >= 0.6 is 0 Å². The van der Waals surface area contributed by atoms with Gasteiger partial charge in [-0.25, -0.2) is 9.80 Å². The fraction of sp³-hybridized carbons (Fsp3) is 0.455. The molecular formula is C22H28N4O5. The molecule has 0 fully saturated rings. The molecule has 166 valence electrons. The third-order valence-corrected chi connectivity index (χ3v) is 5.24. The topological polar surface area (TPSA) is 117 Å². The van der Waals surface area contributed by atoms with Crippen molar-refractivity contribution in [1.82, 2.24) is 14.6 Å². The summed E-state index contributed by atoms with van der Waals surface area (Å²) in [5.74, 6) is -0.0171. The number of benzene rings is 1. The number of para-hydroxylation sites is 1. The summed E-state index contributed by atoms with van der Waals surface area (Å²) in [5, 5.41) is 16.5. The maximum atomic E-state index is 12.7. The van der Waals surface area contributed by atoms with E-state index < -0.39 is 23.2 Å². The van der Waals surface area contributed by atoms with Gasteiger partial charge in [0.15, 0.2) is 0 Å². The lowest BCUT2D eigenvalue weighted by atomic mass is 9.98. The molecule has 2 aromatic rings. The summed E-state index contributed by atoms with van der Waals surface area (Å²) in [7, 11) is 0. The van der Waals surface area contributed by atoms with E-state index in [1.807, 2.05) is 38.1 Å². The van der Waals surface area contributed by atoms with E-state index in [4.69, 9.17) is 4.74 Å². The number of rotatable bonds is 8. The minimum atomic E-state index is -0.725. The van der Waals surface area contributed by atoms with E-state index in [1.165, 1.54) is 5.01 Å². The van der Waals surface area contributed by atoms with Crippen molar-refractivity contribution in [3.05, 3.63) is 56.2 Å². The number of aromatic nitrogens is 2. The molecule has 1 aromatic heterocycles.